The van der Waals surface area contributed by atoms with Gasteiger partial charge in [-0.3, -0.25) is 4.98 Å². The lowest BCUT2D eigenvalue weighted by Gasteiger charge is -2.25. The van der Waals surface area contributed by atoms with Gasteiger partial charge < -0.3 is 5.11 Å². The van der Waals surface area contributed by atoms with E-state index in [0.29, 0.717) is 0 Å². The summed E-state index contributed by atoms with van der Waals surface area (Å²) >= 11 is 0. The van der Waals surface area contributed by atoms with E-state index in [2.05, 4.69) is 38.7 Å². The molecule has 0 saturated heterocycles. The molecule has 0 aliphatic carbocycles. The first-order valence-corrected chi connectivity index (χ1v) is 5.75. The summed E-state index contributed by atoms with van der Waals surface area (Å²) in [5.74, 6) is 0. The van der Waals surface area contributed by atoms with Crippen molar-refractivity contribution in [3.8, 4) is 0 Å². The zero-order chi connectivity index (χ0) is 12.7. The molecule has 1 N–H and O–H groups in total. The molecule has 1 heterocycles. The van der Waals surface area contributed by atoms with E-state index >= 15 is 0 Å². The molecule has 0 spiro atoms. The molecule has 0 aromatic carbocycles. The summed E-state index contributed by atoms with van der Waals surface area (Å²) in [6, 6.07) is 2.12. The van der Waals surface area contributed by atoms with Crippen LogP contribution in [0.3, 0.4) is 0 Å². The van der Waals surface area contributed by atoms with Gasteiger partial charge in [0.05, 0.1) is 5.69 Å². The van der Waals surface area contributed by atoms with Gasteiger partial charge in [0.25, 0.3) is 0 Å². The van der Waals surface area contributed by atoms with Crippen LogP contribution in [-0.2, 0) is 11.0 Å². The molecule has 0 aliphatic heterocycles. The smallest absolute Gasteiger partial charge is 0.101 e. The van der Waals surface area contributed by atoms with Gasteiger partial charge >= 0.3 is 0 Å². The molecule has 16 heavy (non-hydrogen) atoms. The number of hydrogen-bond acceptors (Lipinski definition) is 2. The second-order valence-corrected chi connectivity index (χ2v) is 6.11. The topological polar surface area (TPSA) is 33.1 Å². The first-order valence-electron chi connectivity index (χ1n) is 5.75. The highest BCUT2D eigenvalue weighted by molar-refractivity contribution is 5.35. The highest BCUT2D eigenvalue weighted by Crippen LogP contribution is 2.28. The average Bonchev–Trinajstić information content (AvgIpc) is 2.05. The highest BCUT2D eigenvalue weighted by Gasteiger charge is 2.25. The van der Waals surface area contributed by atoms with Crippen molar-refractivity contribution in [2.45, 2.75) is 59.5 Å². The SMILES string of the molecule is Cc1cc(C(C)(C)C)nc(C(C)(C)O)c1C. The average molecular weight is 221 g/mol. The van der Waals surface area contributed by atoms with Crippen molar-refractivity contribution in [1.29, 1.82) is 0 Å². The molecule has 0 amide bonds. The van der Waals surface area contributed by atoms with Crippen LogP contribution in [0, 0.1) is 13.8 Å². The first kappa shape index (κ1) is 13.2. The highest BCUT2D eigenvalue weighted by atomic mass is 16.3. The van der Waals surface area contributed by atoms with Crippen LogP contribution in [0.15, 0.2) is 6.07 Å². The fraction of sp³-hybridized carbons (Fsp3) is 0.643. The minimum absolute atomic E-state index is 0.0124. The van der Waals surface area contributed by atoms with Gasteiger partial charge in [0.2, 0.25) is 0 Å². The maximum absolute atomic E-state index is 10.1. The van der Waals surface area contributed by atoms with Crippen LogP contribution in [0.1, 0.15) is 57.1 Å². The second kappa shape index (κ2) is 3.85. The summed E-state index contributed by atoms with van der Waals surface area (Å²) in [5.41, 5.74) is 3.23. The maximum atomic E-state index is 10.1. The summed E-state index contributed by atoms with van der Waals surface area (Å²) < 4.78 is 0. The van der Waals surface area contributed by atoms with E-state index in [1.54, 1.807) is 13.8 Å². The van der Waals surface area contributed by atoms with Crippen LogP contribution in [0.4, 0.5) is 0 Å². The number of aryl methyl sites for hydroxylation is 1. The van der Waals surface area contributed by atoms with Crippen molar-refractivity contribution in [3.05, 3.63) is 28.6 Å². The summed E-state index contributed by atoms with van der Waals surface area (Å²) in [5, 5.41) is 10.1. The minimum atomic E-state index is -0.879. The Kier molecular flexibility index (Phi) is 3.17. The molecule has 90 valence electrons. The standard InChI is InChI=1S/C14H23NO/c1-9-8-11(13(3,4)5)15-12(10(9)2)14(6,7)16/h8,16H,1-7H3. The second-order valence-electron chi connectivity index (χ2n) is 6.11. The third-order valence-electron chi connectivity index (χ3n) is 2.88. The Labute approximate surface area is 98.7 Å². The van der Waals surface area contributed by atoms with E-state index in [0.717, 1.165) is 17.0 Å². The number of hydrogen-bond donors (Lipinski definition) is 1. The molecule has 0 saturated carbocycles. The number of aliphatic hydroxyl groups is 1. The van der Waals surface area contributed by atoms with Gasteiger partial charge in [-0.05, 0) is 44.9 Å². The van der Waals surface area contributed by atoms with E-state index in [1.165, 1.54) is 5.56 Å². The molecule has 1 aromatic rings. The normalized spacial score (nSPS) is 13.0. The summed E-state index contributed by atoms with van der Waals surface area (Å²) in [6.45, 7) is 14.1. The van der Waals surface area contributed by atoms with E-state index in [4.69, 9.17) is 0 Å². The third kappa shape index (κ3) is 2.62. The predicted octanol–water partition coefficient (Wildman–Crippen LogP) is 3.22. The third-order valence-corrected chi connectivity index (χ3v) is 2.88. The number of nitrogens with zero attached hydrogens (tertiary/aromatic N) is 1. The van der Waals surface area contributed by atoms with Gasteiger partial charge in [0.1, 0.15) is 5.60 Å². The van der Waals surface area contributed by atoms with Crippen LogP contribution >= 0.6 is 0 Å². The lowest BCUT2D eigenvalue weighted by Crippen LogP contribution is -2.24. The summed E-state index contributed by atoms with van der Waals surface area (Å²) in [7, 11) is 0. The monoisotopic (exact) mass is 221 g/mol. The minimum Gasteiger partial charge on any atom is -0.384 e. The van der Waals surface area contributed by atoms with Crippen molar-refractivity contribution in [2.24, 2.45) is 0 Å². The molecule has 0 fully saturated rings. The van der Waals surface area contributed by atoms with Crippen LogP contribution in [0.2, 0.25) is 0 Å². The van der Waals surface area contributed by atoms with Gasteiger partial charge in [0.15, 0.2) is 0 Å². The number of rotatable bonds is 1. The molecular formula is C14H23NO. The number of aromatic nitrogens is 1. The first-order chi connectivity index (χ1) is 7.03. The van der Waals surface area contributed by atoms with Crippen molar-refractivity contribution in [3.63, 3.8) is 0 Å². The molecule has 2 nitrogen and oxygen atoms in total. The maximum Gasteiger partial charge on any atom is 0.101 e. The Morgan fingerprint density at radius 1 is 1.06 bits per heavy atom. The van der Waals surface area contributed by atoms with E-state index in [1.807, 2.05) is 6.92 Å². The van der Waals surface area contributed by atoms with Crippen LogP contribution in [-0.4, -0.2) is 10.1 Å². The molecule has 1 aromatic heterocycles. The molecule has 1 rings (SSSR count). The summed E-state index contributed by atoms with van der Waals surface area (Å²) in [4.78, 5) is 4.63. The van der Waals surface area contributed by atoms with Crippen molar-refractivity contribution >= 4 is 0 Å². The fourth-order valence-corrected chi connectivity index (χ4v) is 1.72. The fourth-order valence-electron chi connectivity index (χ4n) is 1.72. The molecule has 0 bridgehead atoms. The van der Waals surface area contributed by atoms with E-state index in [9.17, 15) is 5.11 Å². The zero-order valence-corrected chi connectivity index (χ0v) is 11.5. The Balaban J connectivity index is 3.46. The van der Waals surface area contributed by atoms with Gasteiger partial charge in [0, 0.05) is 11.1 Å². The zero-order valence-electron chi connectivity index (χ0n) is 11.5. The lowest BCUT2D eigenvalue weighted by atomic mass is 9.88. The van der Waals surface area contributed by atoms with Crippen molar-refractivity contribution < 1.29 is 5.11 Å². The lowest BCUT2D eigenvalue weighted by molar-refractivity contribution is 0.0726. The predicted molar refractivity (Wildman–Crippen MR) is 67.7 cm³/mol. The Morgan fingerprint density at radius 2 is 1.56 bits per heavy atom. The molecule has 2 heteroatoms. The quantitative estimate of drug-likeness (QED) is 0.790. The Bertz CT molecular complexity index is 394. The summed E-state index contributed by atoms with van der Waals surface area (Å²) in [6.07, 6.45) is 0. The van der Waals surface area contributed by atoms with Crippen LogP contribution < -0.4 is 0 Å². The molecular weight excluding hydrogens is 198 g/mol. The molecule has 0 radical (unpaired) electrons. The van der Waals surface area contributed by atoms with Gasteiger partial charge in [-0.15, -0.1) is 0 Å². The van der Waals surface area contributed by atoms with E-state index < -0.39 is 5.60 Å². The van der Waals surface area contributed by atoms with E-state index in [-0.39, 0.29) is 5.41 Å². The van der Waals surface area contributed by atoms with Gasteiger partial charge in [-0.1, -0.05) is 20.8 Å². The Morgan fingerprint density at radius 3 is 1.94 bits per heavy atom. The van der Waals surface area contributed by atoms with Gasteiger partial charge in [-0.2, -0.15) is 0 Å². The van der Waals surface area contributed by atoms with Crippen molar-refractivity contribution in [1.82, 2.24) is 4.98 Å². The van der Waals surface area contributed by atoms with Crippen molar-refractivity contribution in [2.75, 3.05) is 0 Å². The number of pyridine rings is 1. The van der Waals surface area contributed by atoms with Crippen LogP contribution in [0.25, 0.3) is 0 Å². The Hall–Kier alpha value is -0.890. The molecule has 0 atom stereocenters. The largest absolute Gasteiger partial charge is 0.384 e. The van der Waals surface area contributed by atoms with Gasteiger partial charge in [-0.25, -0.2) is 0 Å². The molecule has 0 aliphatic rings. The molecule has 0 unspecified atom stereocenters. The van der Waals surface area contributed by atoms with Crippen LogP contribution in [0.5, 0.6) is 0 Å².